The van der Waals surface area contributed by atoms with Crippen LogP contribution in [0.2, 0.25) is 15.8 Å². The molecule has 0 bridgehead atoms. The van der Waals surface area contributed by atoms with Crippen molar-refractivity contribution in [2.24, 2.45) is 0 Å². The molecular weight excluding hydrogens is 229 g/mol. The minimum absolute atomic E-state index is 1.42. The summed E-state index contributed by atoms with van der Waals surface area (Å²) >= 11 is -1.48. The molecule has 0 N–H and O–H groups in total. The zero-order chi connectivity index (χ0) is 10.4. The van der Waals surface area contributed by atoms with Gasteiger partial charge in [-0.05, 0) is 0 Å². The van der Waals surface area contributed by atoms with Crippen LogP contribution in [0.1, 0.15) is 26.3 Å². The van der Waals surface area contributed by atoms with E-state index in [1.807, 2.05) is 0 Å². The molecule has 0 aliphatic carbocycles. The van der Waals surface area contributed by atoms with Gasteiger partial charge in [0.25, 0.3) is 0 Å². The second-order valence-corrected chi connectivity index (χ2v) is 15.7. The van der Waals surface area contributed by atoms with Gasteiger partial charge in [-0.25, -0.2) is 0 Å². The molecular formula is C13H22Ge. The monoisotopic (exact) mass is 252 g/mol. The van der Waals surface area contributed by atoms with Crippen LogP contribution in [0, 0.1) is 0 Å². The van der Waals surface area contributed by atoms with Crippen molar-refractivity contribution in [3.63, 3.8) is 0 Å². The third-order valence-electron chi connectivity index (χ3n) is 3.67. The van der Waals surface area contributed by atoms with Crippen LogP contribution in [-0.2, 0) is 5.25 Å². The third-order valence-corrected chi connectivity index (χ3v) is 15.5. The average Bonchev–Trinajstić information content (AvgIpc) is 2.28. The second-order valence-electron chi connectivity index (χ2n) is 4.22. The fourth-order valence-electron chi connectivity index (χ4n) is 2.15. The molecule has 0 saturated carbocycles. The van der Waals surface area contributed by atoms with Crippen molar-refractivity contribution in [3.05, 3.63) is 35.9 Å². The van der Waals surface area contributed by atoms with E-state index in [9.17, 15) is 0 Å². The molecule has 1 aromatic carbocycles. The number of rotatable bonds is 5. The summed E-state index contributed by atoms with van der Waals surface area (Å²) < 4.78 is 0. The molecule has 0 fully saturated rings. The molecule has 0 amide bonds. The van der Waals surface area contributed by atoms with E-state index in [1.54, 1.807) is 5.56 Å². The molecule has 0 heterocycles. The molecule has 0 atom stereocenters. The Balaban J connectivity index is 2.74. The van der Waals surface area contributed by atoms with Crippen LogP contribution in [0.5, 0.6) is 0 Å². The van der Waals surface area contributed by atoms with Crippen molar-refractivity contribution < 1.29 is 0 Å². The van der Waals surface area contributed by atoms with Gasteiger partial charge in [0.15, 0.2) is 0 Å². The predicted molar refractivity (Wildman–Crippen MR) is 67.3 cm³/mol. The molecule has 0 saturated heterocycles. The van der Waals surface area contributed by atoms with E-state index in [-0.39, 0.29) is 0 Å². The molecule has 1 heteroatoms. The Morgan fingerprint density at radius 1 is 0.857 bits per heavy atom. The minimum atomic E-state index is -1.48. The van der Waals surface area contributed by atoms with Crippen molar-refractivity contribution >= 4 is 13.3 Å². The third kappa shape index (κ3) is 2.88. The standard InChI is InChI=1S/C13H22Ge/c1-4-14(5-2,6-3)12-13-10-8-7-9-11-13/h7-11H,4-6,12H2,1-3H3. The van der Waals surface area contributed by atoms with Crippen molar-refractivity contribution in [2.75, 3.05) is 0 Å². The summed E-state index contributed by atoms with van der Waals surface area (Å²) in [5.74, 6) is 0. The first-order valence-corrected chi connectivity index (χ1v) is 11.7. The van der Waals surface area contributed by atoms with E-state index < -0.39 is 13.3 Å². The quantitative estimate of drug-likeness (QED) is 0.685. The number of hydrogen-bond acceptors (Lipinski definition) is 0. The van der Waals surface area contributed by atoms with Gasteiger partial charge in [-0.3, -0.25) is 0 Å². The maximum atomic E-state index is 2.40. The molecule has 0 nitrogen and oxygen atoms in total. The first-order valence-electron chi connectivity index (χ1n) is 5.80. The molecule has 0 spiro atoms. The first kappa shape index (κ1) is 11.8. The Kier molecular flexibility index (Phi) is 4.73. The van der Waals surface area contributed by atoms with E-state index in [0.29, 0.717) is 0 Å². The summed E-state index contributed by atoms with van der Waals surface area (Å²) in [6.07, 6.45) is 0. The van der Waals surface area contributed by atoms with Crippen LogP contribution < -0.4 is 0 Å². The van der Waals surface area contributed by atoms with Gasteiger partial charge in [0.1, 0.15) is 0 Å². The molecule has 0 aromatic heterocycles. The molecule has 14 heavy (non-hydrogen) atoms. The summed E-state index contributed by atoms with van der Waals surface area (Å²) in [5, 5.41) is 5.84. The Bertz CT molecular complexity index is 241. The molecule has 0 unspecified atom stereocenters. The summed E-state index contributed by atoms with van der Waals surface area (Å²) in [5.41, 5.74) is 1.57. The van der Waals surface area contributed by atoms with Crippen molar-refractivity contribution in [3.8, 4) is 0 Å². The molecule has 1 aromatic rings. The molecule has 1 rings (SSSR count). The Morgan fingerprint density at radius 2 is 1.36 bits per heavy atom. The summed E-state index contributed by atoms with van der Waals surface area (Å²) in [4.78, 5) is 0. The van der Waals surface area contributed by atoms with E-state index in [2.05, 4.69) is 51.1 Å². The van der Waals surface area contributed by atoms with Gasteiger partial charge in [0, 0.05) is 0 Å². The zero-order valence-corrected chi connectivity index (χ0v) is 11.8. The van der Waals surface area contributed by atoms with Crippen LogP contribution in [0.3, 0.4) is 0 Å². The number of hydrogen-bond donors (Lipinski definition) is 0. The van der Waals surface area contributed by atoms with Crippen LogP contribution in [-0.4, -0.2) is 13.3 Å². The molecule has 0 aliphatic rings. The molecule has 78 valence electrons. The molecule has 0 aliphatic heterocycles. The van der Waals surface area contributed by atoms with Gasteiger partial charge in [-0.1, -0.05) is 0 Å². The van der Waals surface area contributed by atoms with Gasteiger partial charge in [0.05, 0.1) is 0 Å². The van der Waals surface area contributed by atoms with Crippen LogP contribution in [0.25, 0.3) is 0 Å². The van der Waals surface area contributed by atoms with Crippen molar-refractivity contribution in [2.45, 2.75) is 41.8 Å². The first-order chi connectivity index (χ1) is 6.76. The number of benzene rings is 1. The zero-order valence-electron chi connectivity index (χ0n) is 9.72. The van der Waals surface area contributed by atoms with E-state index in [4.69, 9.17) is 0 Å². The SMILES string of the molecule is C[CH2][Ge]([CH2]C)([CH2]C)[CH2]c1ccccc1. The molecule has 0 radical (unpaired) electrons. The Labute approximate surface area is 91.1 Å². The summed E-state index contributed by atoms with van der Waals surface area (Å²) in [7, 11) is 0. The Morgan fingerprint density at radius 3 is 1.79 bits per heavy atom. The van der Waals surface area contributed by atoms with Gasteiger partial charge >= 0.3 is 90.9 Å². The Hall–Kier alpha value is -0.237. The topological polar surface area (TPSA) is 0 Å². The van der Waals surface area contributed by atoms with Gasteiger partial charge in [0.2, 0.25) is 0 Å². The van der Waals surface area contributed by atoms with Crippen LogP contribution >= 0.6 is 0 Å². The van der Waals surface area contributed by atoms with E-state index in [0.717, 1.165) is 0 Å². The van der Waals surface area contributed by atoms with Gasteiger partial charge in [-0.2, -0.15) is 0 Å². The van der Waals surface area contributed by atoms with E-state index >= 15 is 0 Å². The fourth-order valence-corrected chi connectivity index (χ4v) is 9.19. The summed E-state index contributed by atoms with van der Waals surface area (Å²) in [6, 6.07) is 11.0. The average molecular weight is 251 g/mol. The van der Waals surface area contributed by atoms with E-state index in [1.165, 1.54) is 21.0 Å². The maximum absolute atomic E-state index is 2.40. The van der Waals surface area contributed by atoms with Crippen LogP contribution in [0.15, 0.2) is 30.3 Å². The van der Waals surface area contributed by atoms with Gasteiger partial charge in [-0.15, -0.1) is 0 Å². The second kappa shape index (κ2) is 5.60. The summed E-state index contributed by atoms with van der Waals surface area (Å²) in [6.45, 7) is 7.20. The van der Waals surface area contributed by atoms with Gasteiger partial charge < -0.3 is 0 Å². The predicted octanol–water partition coefficient (Wildman–Crippen LogP) is 4.28. The normalized spacial score (nSPS) is 11.6. The van der Waals surface area contributed by atoms with Crippen molar-refractivity contribution in [1.82, 2.24) is 0 Å². The van der Waals surface area contributed by atoms with Crippen LogP contribution in [0.4, 0.5) is 0 Å². The van der Waals surface area contributed by atoms with Crippen molar-refractivity contribution in [1.29, 1.82) is 0 Å². The fraction of sp³-hybridized carbons (Fsp3) is 0.538.